The van der Waals surface area contributed by atoms with Gasteiger partial charge in [-0.2, -0.15) is 4.72 Å². The van der Waals surface area contributed by atoms with E-state index in [0.717, 1.165) is 5.56 Å². The molecule has 0 fully saturated rings. The minimum Gasteiger partial charge on any atom is -0.480 e. The Morgan fingerprint density at radius 2 is 1.71 bits per heavy atom. The molecule has 0 unspecified atom stereocenters. The number of aliphatic carboxylic acids is 1. The van der Waals surface area contributed by atoms with E-state index < -0.39 is 35.1 Å². The second-order valence-electron chi connectivity index (χ2n) is 8.24. The monoisotopic (exact) mass is 487 g/mol. The van der Waals surface area contributed by atoms with Crippen LogP contribution in [0, 0.1) is 5.92 Å². The number of nitrogens with two attached hydrogens (primary N) is 1. The molecule has 0 saturated carbocycles. The lowest BCUT2D eigenvalue weighted by Crippen LogP contribution is -2.42. The predicted molar refractivity (Wildman–Crippen MR) is 131 cm³/mol. The van der Waals surface area contributed by atoms with Crippen molar-refractivity contribution >= 4 is 34.0 Å². The molecule has 0 aliphatic rings. The van der Waals surface area contributed by atoms with E-state index in [2.05, 4.69) is 9.71 Å². The van der Waals surface area contributed by atoms with Crippen LogP contribution < -0.4 is 10.5 Å². The van der Waals surface area contributed by atoms with E-state index in [4.69, 9.17) is 15.8 Å². The van der Waals surface area contributed by atoms with Gasteiger partial charge in [0.15, 0.2) is 0 Å². The molecule has 11 heteroatoms. The van der Waals surface area contributed by atoms with Crippen LogP contribution in [0.5, 0.6) is 0 Å². The van der Waals surface area contributed by atoms with Gasteiger partial charge in [0.05, 0.1) is 5.52 Å². The molecule has 0 amide bonds. The zero-order valence-electron chi connectivity index (χ0n) is 19.1. The van der Waals surface area contributed by atoms with E-state index in [0.29, 0.717) is 23.2 Å². The third kappa shape index (κ3) is 8.19. The van der Waals surface area contributed by atoms with Gasteiger partial charge >= 0.3 is 13.1 Å². The third-order valence-corrected chi connectivity index (χ3v) is 6.39. The van der Waals surface area contributed by atoms with Gasteiger partial charge in [-0.15, -0.1) is 0 Å². The first kappa shape index (κ1) is 27.4. The average Bonchev–Trinajstić information content (AvgIpc) is 2.78. The second kappa shape index (κ2) is 12.6. The van der Waals surface area contributed by atoms with Crippen molar-refractivity contribution in [3.8, 4) is 0 Å². The summed E-state index contributed by atoms with van der Waals surface area (Å²) < 4.78 is 27.8. The number of para-hydroxylation sites is 1. The Bertz CT molecular complexity index is 1170. The first-order valence-electron chi connectivity index (χ1n) is 10.8. The number of nitrogens with zero attached hydrogens (tertiary/aromatic N) is 1. The second-order valence-corrected chi connectivity index (χ2v) is 9.92. The number of sulfonamides is 1. The Hall–Kier alpha value is -2.83. The van der Waals surface area contributed by atoms with E-state index in [-0.39, 0.29) is 11.3 Å². The lowest BCUT2D eigenvalue weighted by Gasteiger charge is -2.15. The standard InChI is InChI=1S/C18H16N2O4S.C5H14BNO2/c21-18(22)15(12-13-6-2-1-3-7-13)20-25(23,24)16-10-4-8-14-9-5-11-19-17(14)16;1-4(2)3-5(7)6(8)9/h1-11,15,20H,12H2,(H,21,22);4-5,8-9H,3,7H2,1-2H3/t15-;5-/m00/s1. The van der Waals surface area contributed by atoms with E-state index >= 15 is 0 Å². The Labute approximate surface area is 199 Å². The highest BCUT2D eigenvalue weighted by molar-refractivity contribution is 7.89. The lowest BCUT2D eigenvalue weighted by atomic mass is 9.76. The molecule has 0 radical (unpaired) electrons. The van der Waals surface area contributed by atoms with E-state index in [1.807, 2.05) is 19.9 Å². The summed E-state index contributed by atoms with van der Waals surface area (Å²) in [6.45, 7) is 3.98. The number of fused-ring (bicyclic) bond motifs is 1. The van der Waals surface area contributed by atoms with Gasteiger partial charge in [0, 0.05) is 17.5 Å². The van der Waals surface area contributed by atoms with Gasteiger partial charge in [-0.3, -0.25) is 9.78 Å². The van der Waals surface area contributed by atoms with Gasteiger partial charge in [0.1, 0.15) is 10.9 Å². The first-order valence-corrected chi connectivity index (χ1v) is 12.2. The zero-order chi connectivity index (χ0) is 25.3. The summed E-state index contributed by atoms with van der Waals surface area (Å²) in [7, 11) is -5.41. The van der Waals surface area contributed by atoms with Gasteiger partial charge in [0.25, 0.3) is 0 Å². The molecule has 3 aromatic rings. The molecule has 1 aromatic heterocycles. The molecule has 0 saturated heterocycles. The van der Waals surface area contributed by atoms with Gasteiger partial charge in [-0.1, -0.05) is 62.4 Å². The number of carboxylic acid groups (broad SMARTS) is 1. The SMILES string of the molecule is CC(C)C[C@H](N)B(O)O.O=C(O)[C@H](Cc1ccccc1)NS(=O)(=O)c1cccc2cccnc12. The number of carbonyl (C=O) groups is 1. The molecule has 3 rings (SSSR count). The number of nitrogens with one attached hydrogen (secondary N) is 1. The molecule has 34 heavy (non-hydrogen) atoms. The van der Waals surface area contributed by atoms with E-state index in [1.54, 1.807) is 48.5 Å². The number of aromatic nitrogens is 1. The summed E-state index contributed by atoms with van der Waals surface area (Å²) in [5, 5.41) is 27.1. The maximum Gasteiger partial charge on any atom is 0.469 e. The van der Waals surface area contributed by atoms with Crippen molar-refractivity contribution in [3.63, 3.8) is 0 Å². The summed E-state index contributed by atoms with van der Waals surface area (Å²) in [5.41, 5.74) is 6.35. The highest BCUT2D eigenvalue weighted by atomic mass is 32.2. The number of hydrogen-bond donors (Lipinski definition) is 5. The molecule has 0 aliphatic heterocycles. The minimum atomic E-state index is -4.04. The highest BCUT2D eigenvalue weighted by Crippen LogP contribution is 2.21. The molecule has 1 heterocycles. The van der Waals surface area contributed by atoms with Gasteiger partial charge in [-0.05, 0) is 36.5 Å². The van der Waals surface area contributed by atoms with Crippen molar-refractivity contribution in [2.75, 3.05) is 0 Å². The number of carboxylic acids is 1. The van der Waals surface area contributed by atoms with E-state index in [1.165, 1.54) is 12.3 Å². The topological polar surface area (TPSA) is 163 Å². The van der Waals surface area contributed by atoms with Crippen molar-refractivity contribution in [1.29, 1.82) is 0 Å². The van der Waals surface area contributed by atoms with Crippen LogP contribution in [0.2, 0.25) is 0 Å². The highest BCUT2D eigenvalue weighted by Gasteiger charge is 2.27. The molecule has 182 valence electrons. The predicted octanol–water partition coefficient (Wildman–Crippen LogP) is 1.58. The zero-order valence-corrected chi connectivity index (χ0v) is 19.9. The Balaban J connectivity index is 0.000000387. The summed E-state index contributed by atoms with van der Waals surface area (Å²) in [6, 6.07) is 15.8. The first-order chi connectivity index (χ1) is 16.0. The normalized spacial score (nSPS) is 13.1. The molecule has 2 atom stereocenters. The molecule has 0 bridgehead atoms. The molecular formula is C23H30BN3O6S. The largest absolute Gasteiger partial charge is 0.480 e. The molecule has 2 aromatic carbocycles. The Kier molecular flexibility index (Phi) is 10.1. The quantitative estimate of drug-likeness (QED) is 0.284. The van der Waals surface area contributed by atoms with Gasteiger partial charge in [0.2, 0.25) is 10.0 Å². The maximum atomic E-state index is 12.7. The van der Waals surface area contributed by atoms with E-state index in [9.17, 15) is 18.3 Å². The maximum absolute atomic E-state index is 12.7. The van der Waals surface area contributed by atoms with Crippen molar-refractivity contribution in [2.24, 2.45) is 11.7 Å². The number of hydrogen-bond acceptors (Lipinski definition) is 7. The number of rotatable bonds is 9. The minimum absolute atomic E-state index is 0.0371. The number of pyridine rings is 1. The smallest absolute Gasteiger partial charge is 0.469 e. The van der Waals surface area contributed by atoms with Gasteiger partial charge < -0.3 is 20.9 Å². The molecule has 9 nitrogen and oxygen atoms in total. The van der Waals surface area contributed by atoms with Crippen LogP contribution in [0.15, 0.2) is 71.8 Å². The van der Waals surface area contributed by atoms with Gasteiger partial charge in [-0.25, -0.2) is 8.42 Å². The van der Waals surface area contributed by atoms with Crippen LogP contribution >= 0.6 is 0 Å². The van der Waals surface area contributed by atoms with Crippen LogP contribution in [0.25, 0.3) is 10.9 Å². The van der Waals surface area contributed by atoms with Crippen LogP contribution in [0.3, 0.4) is 0 Å². The molecule has 0 aliphatic carbocycles. The Morgan fingerprint density at radius 3 is 2.26 bits per heavy atom. The summed E-state index contributed by atoms with van der Waals surface area (Å²) in [6.07, 6.45) is 2.20. The van der Waals surface area contributed by atoms with Crippen molar-refractivity contribution in [3.05, 3.63) is 72.4 Å². The number of benzene rings is 2. The summed E-state index contributed by atoms with van der Waals surface area (Å²) >= 11 is 0. The lowest BCUT2D eigenvalue weighted by molar-refractivity contribution is -0.138. The van der Waals surface area contributed by atoms with Crippen LogP contribution in [0.4, 0.5) is 0 Å². The Morgan fingerprint density at radius 1 is 1.06 bits per heavy atom. The molecule has 6 N–H and O–H groups in total. The fraction of sp³-hybridized carbons (Fsp3) is 0.304. The molecular weight excluding hydrogens is 457 g/mol. The van der Waals surface area contributed by atoms with Crippen LogP contribution in [-0.2, 0) is 21.2 Å². The summed E-state index contributed by atoms with van der Waals surface area (Å²) in [5.74, 6) is -1.31. The fourth-order valence-corrected chi connectivity index (χ4v) is 4.61. The third-order valence-electron chi connectivity index (χ3n) is 4.89. The fourth-order valence-electron chi connectivity index (χ4n) is 3.24. The van der Waals surface area contributed by atoms with Crippen molar-refractivity contribution in [1.82, 2.24) is 9.71 Å². The summed E-state index contributed by atoms with van der Waals surface area (Å²) in [4.78, 5) is 15.6. The van der Waals surface area contributed by atoms with Crippen LogP contribution in [0.1, 0.15) is 25.8 Å². The van der Waals surface area contributed by atoms with Crippen molar-refractivity contribution < 1.29 is 28.4 Å². The average molecular weight is 487 g/mol. The van der Waals surface area contributed by atoms with Crippen molar-refractivity contribution in [2.45, 2.75) is 43.6 Å². The van der Waals surface area contributed by atoms with Crippen LogP contribution in [-0.4, -0.2) is 53.6 Å². The molecule has 0 spiro atoms.